The molecule has 2 rings (SSSR count). The molecular weight excluding hydrogens is 272 g/mol. The summed E-state index contributed by atoms with van der Waals surface area (Å²) < 4.78 is 0.576. The Hall–Kier alpha value is -0.940. The van der Waals surface area contributed by atoms with Crippen LogP contribution in [0.25, 0.3) is 0 Å². The number of likely N-dealkylation sites (tertiary alicyclic amines) is 1. The third-order valence-corrected chi connectivity index (χ3v) is 3.45. The summed E-state index contributed by atoms with van der Waals surface area (Å²) in [6.07, 6.45) is 2.52. The number of pyridine rings is 1. The Morgan fingerprint density at radius 2 is 2.50 bits per heavy atom. The van der Waals surface area contributed by atoms with Gasteiger partial charge in [0.05, 0.1) is 5.56 Å². The topological polar surface area (TPSA) is 53.4 Å². The fraction of sp³-hybridized carbons (Fsp3) is 0.455. The van der Waals surface area contributed by atoms with Crippen LogP contribution in [-0.4, -0.2) is 40.6 Å². The van der Waals surface area contributed by atoms with E-state index in [0.717, 1.165) is 6.42 Å². The number of hydrogen-bond donors (Lipinski definition) is 1. The van der Waals surface area contributed by atoms with Gasteiger partial charge in [0.1, 0.15) is 4.60 Å². The minimum Gasteiger partial charge on any atom is -0.396 e. The standard InChI is InChI=1S/C11H13BrN2O2/c12-10-9(2-1-4-13-10)11(16)14-5-3-8(6-14)7-15/h1-2,4,8,15H,3,5-7H2. The van der Waals surface area contributed by atoms with Crippen molar-refractivity contribution < 1.29 is 9.90 Å². The Kier molecular flexibility index (Phi) is 3.56. The number of aliphatic hydroxyl groups is 1. The lowest BCUT2D eigenvalue weighted by molar-refractivity contribution is 0.0780. The van der Waals surface area contributed by atoms with Crippen molar-refractivity contribution in [1.29, 1.82) is 0 Å². The average Bonchev–Trinajstić information content (AvgIpc) is 2.77. The molecule has 1 N–H and O–H groups in total. The number of rotatable bonds is 2. The molecule has 1 amide bonds. The number of amides is 1. The van der Waals surface area contributed by atoms with Crippen molar-refractivity contribution in [2.75, 3.05) is 19.7 Å². The highest BCUT2D eigenvalue weighted by Crippen LogP contribution is 2.21. The third-order valence-electron chi connectivity index (χ3n) is 2.82. The highest BCUT2D eigenvalue weighted by Gasteiger charge is 2.27. The monoisotopic (exact) mass is 284 g/mol. The van der Waals surface area contributed by atoms with E-state index in [-0.39, 0.29) is 18.4 Å². The molecule has 4 nitrogen and oxygen atoms in total. The maximum Gasteiger partial charge on any atom is 0.256 e. The van der Waals surface area contributed by atoms with Crippen LogP contribution in [0.3, 0.4) is 0 Å². The minimum absolute atomic E-state index is 0.0177. The molecule has 0 aromatic carbocycles. The van der Waals surface area contributed by atoms with Crippen molar-refractivity contribution in [2.24, 2.45) is 5.92 Å². The number of aromatic nitrogens is 1. The van der Waals surface area contributed by atoms with Crippen molar-refractivity contribution in [3.8, 4) is 0 Å². The van der Waals surface area contributed by atoms with Crippen molar-refractivity contribution >= 4 is 21.8 Å². The first kappa shape index (κ1) is 11.5. The number of carbonyl (C=O) groups excluding carboxylic acids is 1. The molecule has 0 spiro atoms. The van der Waals surface area contributed by atoms with Crippen molar-refractivity contribution in [2.45, 2.75) is 6.42 Å². The molecule has 0 saturated carbocycles. The van der Waals surface area contributed by atoms with Crippen LogP contribution in [0.5, 0.6) is 0 Å². The fourth-order valence-corrected chi connectivity index (χ4v) is 2.30. The lowest BCUT2D eigenvalue weighted by Crippen LogP contribution is -2.29. The molecule has 16 heavy (non-hydrogen) atoms. The summed E-state index contributed by atoms with van der Waals surface area (Å²) in [5.74, 6) is 0.204. The highest BCUT2D eigenvalue weighted by atomic mass is 79.9. The maximum atomic E-state index is 12.1. The van der Waals surface area contributed by atoms with Gasteiger partial charge in [0.25, 0.3) is 5.91 Å². The Morgan fingerprint density at radius 1 is 1.69 bits per heavy atom. The summed E-state index contributed by atoms with van der Waals surface area (Å²) in [7, 11) is 0. The van der Waals surface area contributed by atoms with Crippen LogP contribution < -0.4 is 0 Å². The SMILES string of the molecule is O=C(c1cccnc1Br)N1CCC(CO)C1. The zero-order valence-corrected chi connectivity index (χ0v) is 10.4. The predicted octanol–water partition coefficient (Wildman–Crippen LogP) is 1.30. The number of aliphatic hydroxyl groups excluding tert-OH is 1. The van der Waals surface area contributed by atoms with Crippen molar-refractivity contribution in [3.05, 3.63) is 28.5 Å². The van der Waals surface area contributed by atoms with Crippen LogP contribution in [0.1, 0.15) is 16.8 Å². The quantitative estimate of drug-likeness (QED) is 0.833. The first-order valence-electron chi connectivity index (χ1n) is 5.23. The Morgan fingerprint density at radius 3 is 3.12 bits per heavy atom. The van der Waals surface area contributed by atoms with E-state index in [1.54, 1.807) is 23.2 Å². The lowest BCUT2D eigenvalue weighted by Gasteiger charge is -2.16. The van der Waals surface area contributed by atoms with Crippen molar-refractivity contribution in [1.82, 2.24) is 9.88 Å². The summed E-state index contributed by atoms with van der Waals surface area (Å²) >= 11 is 3.27. The molecule has 1 saturated heterocycles. The van der Waals surface area contributed by atoms with Crippen LogP contribution in [0, 0.1) is 5.92 Å². The average molecular weight is 285 g/mol. The predicted molar refractivity (Wildman–Crippen MR) is 63.0 cm³/mol. The molecule has 5 heteroatoms. The zero-order chi connectivity index (χ0) is 11.5. The molecule has 1 aromatic rings. The number of nitrogens with zero attached hydrogens (tertiary/aromatic N) is 2. The highest BCUT2D eigenvalue weighted by molar-refractivity contribution is 9.10. The lowest BCUT2D eigenvalue weighted by atomic mass is 10.1. The molecule has 0 bridgehead atoms. The van der Waals surface area contributed by atoms with Gasteiger partial charge in [0.15, 0.2) is 0 Å². The van der Waals surface area contributed by atoms with E-state index in [2.05, 4.69) is 20.9 Å². The van der Waals surface area contributed by atoms with Gasteiger partial charge in [-0.25, -0.2) is 4.98 Å². The molecule has 1 aliphatic heterocycles. The first-order valence-corrected chi connectivity index (χ1v) is 6.02. The Balaban J connectivity index is 2.12. The maximum absolute atomic E-state index is 12.1. The van der Waals surface area contributed by atoms with E-state index >= 15 is 0 Å². The fourth-order valence-electron chi connectivity index (χ4n) is 1.88. The van der Waals surface area contributed by atoms with Gasteiger partial charge in [-0.05, 0) is 34.5 Å². The van der Waals surface area contributed by atoms with Gasteiger partial charge in [-0.1, -0.05) is 0 Å². The number of carbonyl (C=O) groups is 1. The van der Waals surface area contributed by atoms with Crippen LogP contribution in [0.2, 0.25) is 0 Å². The Bertz CT molecular complexity index is 397. The van der Waals surface area contributed by atoms with E-state index < -0.39 is 0 Å². The van der Waals surface area contributed by atoms with Gasteiger partial charge in [-0.3, -0.25) is 4.79 Å². The zero-order valence-electron chi connectivity index (χ0n) is 8.77. The van der Waals surface area contributed by atoms with Gasteiger partial charge in [0.2, 0.25) is 0 Å². The van der Waals surface area contributed by atoms with Crippen molar-refractivity contribution in [3.63, 3.8) is 0 Å². The second-order valence-corrected chi connectivity index (χ2v) is 4.68. The summed E-state index contributed by atoms with van der Waals surface area (Å²) in [5.41, 5.74) is 0.584. The minimum atomic E-state index is -0.0177. The van der Waals surface area contributed by atoms with Crippen LogP contribution >= 0.6 is 15.9 Å². The van der Waals surface area contributed by atoms with E-state index in [0.29, 0.717) is 23.3 Å². The molecule has 1 aliphatic rings. The third kappa shape index (κ3) is 2.25. The summed E-state index contributed by atoms with van der Waals surface area (Å²) in [5, 5.41) is 9.03. The molecule has 1 aromatic heterocycles. The molecule has 2 heterocycles. The molecule has 0 aliphatic carbocycles. The number of hydrogen-bond acceptors (Lipinski definition) is 3. The summed E-state index contributed by atoms with van der Waals surface area (Å²) in [4.78, 5) is 17.9. The first-order chi connectivity index (χ1) is 7.72. The van der Waals surface area contributed by atoms with Crippen LogP contribution in [-0.2, 0) is 0 Å². The summed E-state index contributed by atoms with van der Waals surface area (Å²) in [6, 6.07) is 3.50. The second-order valence-electron chi connectivity index (χ2n) is 3.93. The second kappa shape index (κ2) is 4.93. The van der Waals surface area contributed by atoms with Gasteiger partial charge in [-0.15, -0.1) is 0 Å². The summed E-state index contributed by atoms with van der Waals surface area (Å²) in [6.45, 7) is 1.50. The van der Waals surface area contributed by atoms with Gasteiger partial charge < -0.3 is 10.0 Å². The molecule has 1 fully saturated rings. The van der Waals surface area contributed by atoms with Gasteiger partial charge >= 0.3 is 0 Å². The van der Waals surface area contributed by atoms with E-state index in [4.69, 9.17) is 5.11 Å². The largest absolute Gasteiger partial charge is 0.396 e. The van der Waals surface area contributed by atoms with Gasteiger partial charge in [0, 0.05) is 31.8 Å². The van der Waals surface area contributed by atoms with E-state index in [1.807, 2.05) is 0 Å². The van der Waals surface area contributed by atoms with E-state index in [9.17, 15) is 4.79 Å². The molecule has 1 atom stereocenters. The van der Waals surface area contributed by atoms with Crippen LogP contribution in [0.15, 0.2) is 22.9 Å². The molecular formula is C11H13BrN2O2. The van der Waals surface area contributed by atoms with Gasteiger partial charge in [-0.2, -0.15) is 0 Å². The smallest absolute Gasteiger partial charge is 0.256 e. The van der Waals surface area contributed by atoms with Crippen LogP contribution in [0.4, 0.5) is 0 Å². The number of halogens is 1. The molecule has 1 unspecified atom stereocenters. The van der Waals surface area contributed by atoms with E-state index in [1.165, 1.54) is 0 Å². The molecule has 86 valence electrons. The normalized spacial score (nSPS) is 20.1. The Labute approximate surface area is 102 Å². The molecule has 0 radical (unpaired) electrons.